The monoisotopic (exact) mass is 410 g/mol. The minimum Gasteiger partial charge on any atom is -0.392 e. The molecule has 0 aliphatic carbocycles. The standard InChI is InChI=1S/C23H26N2O5/c1-16(26)25(14-17-9-5-3-6-10-17)19(13-24-2)21(28)22-20(27)15-29-23(30-22)18-11-7-4-8-12-18/h3-13,20,22-24,27H,14-15H2,1-2H3/b19-13-/t20-,22-,23-/m1/s1. The van der Waals surface area contributed by atoms with E-state index in [-0.39, 0.29) is 24.8 Å². The van der Waals surface area contributed by atoms with E-state index in [1.165, 1.54) is 18.0 Å². The van der Waals surface area contributed by atoms with E-state index >= 15 is 0 Å². The van der Waals surface area contributed by atoms with Crippen molar-refractivity contribution in [2.75, 3.05) is 13.7 Å². The number of rotatable bonds is 7. The van der Waals surface area contributed by atoms with Gasteiger partial charge in [0.1, 0.15) is 11.8 Å². The van der Waals surface area contributed by atoms with Crippen LogP contribution in [-0.2, 0) is 25.6 Å². The summed E-state index contributed by atoms with van der Waals surface area (Å²) in [4.78, 5) is 27.1. The summed E-state index contributed by atoms with van der Waals surface area (Å²) in [6.07, 6.45) is -1.64. The first-order chi connectivity index (χ1) is 14.5. The molecule has 0 saturated carbocycles. The predicted octanol–water partition coefficient (Wildman–Crippen LogP) is 2.14. The van der Waals surface area contributed by atoms with Crippen LogP contribution < -0.4 is 5.32 Å². The van der Waals surface area contributed by atoms with Gasteiger partial charge >= 0.3 is 0 Å². The number of ether oxygens (including phenoxy) is 2. The second-order valence-electron chi connectivity index (χ2n) is 6.97. The maximum atomic E-state index is 13.4. The van der Waals surface area contributed by atoms with Gasteiger partial charge in [0, 0.05) is 25.7 Å². The van der Waals surface area contributed by atoms with Crippen LogP contribution in [0, 0.1) is 0 Å². The largest absolute Gasteiger partial charge is 0.392 e. The third-order valence-electron chi connectivity index (χ3n) is 4.76. The van der Waals surface area contributed by atoms with E-state index in [1.54, 1.807) is 7.05 Å². The number of carbonyl (C=O) groups is 2. The maximum Gasteiger partial charge on any atom is 0.224 e. The summed E-state index contributed by atoms with van der Waals surface area (Å²) < 4.78 is 11.4. The highest BCUT2D eigenvalue weighted by Gasteiger charge is 2.39. The third kappa shape index (κ3) is 5.13. The zero-order chi connectivity index (χ0) is 21.5. The van der Waals surface area contributed by atoms with E-state index in [9.17, 15) is 14.7 Å². The molecule has 3 rings (SSSR count). The summed E-state index contributed by atoms with van der Waals surface area (Å²) in [6, 6.07) is 18.6. The van der Waals surface area contributed by atoms with Crippen LogP contribution in [0.2, 0.25) is 0 Å². The zero-order valence-electron chi connectivity index (χ0n) is 17.0. The molecule has 1 heterocycles. The van der Waals surface area contributed by atoms with Crippen molar-refractivity contribution in [3.63, 3.8) is 0 Å². The lowest BCUT2D eigenvalue weighted by atomic mass is 10.0. The number of aliphatic hydroxyl groups is 1. The minimum absolute atomic E-state index is 0.0540. The van der Waals surface area contributed by atoms with Crippen LogP contribution in [0.3, 0.4) is 0 Å². The number of nitrogens with zero attached hydrogens (tertiary/aromatic N) is 1. The quantitative estimate of drug-likeness (QED) is 0.680. The lowest BCUT2D eigenvalue weighted by molar-refractivity contribution is -0.250. The van der Waals surface area contributed by atoms with Crippen LogP contribution in [0.1, 0.15) is 24.3 Å². The molecular weight excluding hydrogens is 384 g/mol. The van der Waals surface area contributed by atoms with Crippen molar-refractivity contribution >= 4 is 11.7 Å². The Morgan fingerprint density at radius 2 is 1.77 bits per heavy atom. The molecule has 0 radical (unpaired) electrons. The van der Waals surface area contributed by atoms with Crippen LogP contribution in [0.15, 0.2) is 72.6 Å². The van der Waals surface area contributed by atoms with E-state index in [0.717, 1.165) is 11.1 Å². The lowest BCUT2D eigenvalue weighted by Gasteiger charge is -2.35. The Labute approximate surface area is 175 Å². The molecule has 0 aromatic heterocycles. The number of Topliss-reactive ketones (excluding diaryl/α,β-unsaturated/α-hetero) is 1. The average molecular weight is 410 g/mol. The SMILES string of the molecule is CN/C=C(/C(=O)[C@@H]1O[C@H](c2ccccc2)OC[C@H]1O)N(Cc1ccccc1)C(C)=O. The predicted molar refractivity (Wildman–Crippen MR) is 111 cm³/mol. The van der Waals surface area contributed by atoms with Crippen LogP contribution in [0.25, 0.3) is 0 Å². The molecule has 3 atom stereocenters. The fourth-order valence-corrected chi connectivity index (χ4v) is 3.25. The number of benzene rings is 2. The van der Waals surface area contributed by atoms with Gasteiger partial charge in [0.25, 0.3) is 0 Å². The van der Waals surface area contributed by atoms with Gasteiger partial charge in [-0.1, -0.05) is 60.7 Å². The Bertz CT molecular complexity index is 885. The summed E-state index contributed by atoms with van der Waals surface area (Å²) >= 11 is 0. The van der Waals surface area contributed by atoms with Crippen LogP contribution >= 0.6 is 0 Å². The van der Waals surface area contributed by atoms with Gasteiger partial charge in [-0.25, -0.2) is 0 Å². The van der Waals surface area contributed by atoms with Gasteiger partial charge in [-0.05, 0) is 5.56 Å². The van der Waals surface area contributed by atoms with E-state index in [4.69, 9.17) is 9.47 Å². The van der Waals surface area contributed by atoms with Crippen molar-refractivity contribution in [1.82, 2.24) is 10.2 Å². The fourth-order valence-electron chi connectivity index (χ4n) is 3.25. The highest BCUT2D eigenvalue weighted by Crippen LogP contribution is 2.28. The average Bonchev–Trinajstić information content (AvgIpc) is 2.77. The number of aliphatic hydroxyl groups excluding tert-OH is 1. The van der Waals surface area contributed by atoms with Gasteiger partial charge in [0.2, 0.25) is 11.7 Å². The molecule has 0 bridgehead atoms. The van der Waals surface area contributed by atoms with Crippen molar-refractivity contribution < 1.29 is 24.2 Å². The number of ketones is 1. The van der Waals surface area contributed by atoms with E-state index in [2.05, 4.69) is 5.32 Å². The van der Waals surface area contributed by atoms with Gasteiger partial charge in [0.15, 0.2) is 12.4 Å². The Hall–Kier alpha value is -3.00. The second kappa shape index (κ2) is 10.2. The molecule has 0 spiro atoms. The van der Waals surface area contributed by atoms with Crippen molar-refractivity contribution in [2.45, 2.75) is 32.0 Å². The molecule has 2 aromatic rings. The lowest BCUT2D eigenvalue weighted by Crippen LogP contribution is -2.48. The first-order valence-electron chi connectivity index (χ1n) is 9.75. The molecule has 1 saturated heterocycles. The topological polar surface area (TPSA) is 88.1 Å². The van der Waals surface area contributed by atoms with Crippen molar-refractivity contribution in [2.24, 2.45) is 0 Å². The zero-order valence-corrected chi connectivity index (χ0v) is 17.0. The van der Waals surface area contributed by atoms with Crippen LogP contribution in [-0.4, -0.2) is 47.6 Å². The maximum absolute atomic E-state index is 13.4. The molecule has 1 fully saturated rings. The third-order valence-corrected chi connectivity index (χ3v) is 4.76. The van der Waals surface area contributed by atoms with Gasteiger partial charge in [-0.2, -0.15) is 0 Å². The molecule has 1 aliphatic rings. The summed E-state index contributed by atoms with van der Waals surface area (Å²) in [5.41, 5.74) is 1.73. The van der Waals surface area contributed by atoms with Crippen molar-refractivity contribution in [3.8, 4) is 0 Å². The Morgan fingerprint density at radius 1 is 1.13 bits per heavy atom. The van der Waals surface area contributed by atoms with E-state index in [1.807, 2.05) is 60.7 Å². The first kappa shape index (κ1) is 21.7. The highest BCUT2D eigenvalue weighted by atomic mass is 16.7. The normalized spacial score (nSPS) is 21.7. The smallest absolute Gasteiger partial charge is 0.224 e. The minimum atomic E-state index is -1.17. The fraction of sp³-hybridized carbons (Fsp3) is 0.304. The van der Waals surface area contributed by atoms with Gasteiger partial charge in [-0.15, -0.1) is 0 Å². The van der Waals surface area contributed by atoms with Crippen molar-refractivity contribution in [3.05, 3.63) is 83.7 Å². The van der Waals surface area contributed by atoms with E-state index in [0.29, 0.717) is 0 Å². The highest BCUT2D eigenvalue weighted by molar-refractivity contribution is 6.01. The molecule has 7 nitrogen and oxygen atoms in total. The number of nitrogens with one attached hydrogen (secondary N) is 1. The van der Waals surface area contributed by atoms with E-state index < -0.39 is 24.3 Å². The Balaban J connectivity index is 1.85. The molecule has 158 valence electrons. The van der Waals surface area contributed by atoms with Gasteiger partial charge < -0.3 is 24.8 Å². The molecule has 1 aliphatic heterocycles. The molecular formula is C23H26N2O5. The second-order valence-corrected chi connectivity index (χ2v) is 6.97. The Morgan fingerprint density at radius 3 is 2.37 bits per heavy atom. The van der Waals surface area contributed by atoms with Gasteiger partial charge in [0.05, 0.1) is 13.2 Å². The van der Waals surface area contributed by atoms with Crippen LogP contribution in [0.5, 0.6) is 0 Å². The molecule has 7 heteroatoms. The summed E-state index contributed by atoms with van der Waals surface area (Å²) in [7, 11) is 1.64. The first-order valence-corrected chi connectivity index (χ1v) is 9.75. The van der Waals surface area contributed by atoms with Crippen molar-refractivity contribution in [1.29, 1.82) is 0 Å². The summed E-state index contributed by atoms with van der Waals surface area (Å²) in [6.45, 7) is 1.56. The Kier molecular flexibility index (Phi) is 7.35. The number of hydrogen-bond donors (Lipinski definition) is 2. The summed E-state index contributed by atoms with van der Waals surface area (Å²) in [5, 5.41) is 13.2. The number of carbonyl (C=O) groups excluding carboxylic acids is 2. The molecule has 30 heavy (non-hydrogen) atoms. The molecule has 2 N–H and O–H groups in total. The summed E-state index contributed by atoms with van der Waals surface area (Å²) in [5.74, 6) is -0.790. The molecule has 0 unspecified atom stereocenters. The molecule has 2 aromatic carbocycles. The van der Waals surface area contributed by atoms with Gasteiger partial charge in [-0.3, -0.25) is 9.59 Å². The number of amides is 1. The van der Waals surface area contributed by atoms with Crippen LogP contribution in [0.4, 0.5) is 0 Å². The molecule has 1 amide bonds. The number of hydrogen-bond acceptors (Lipinski definition) is 6.